The average molecular weight is 242 g/mol. The van der Waals surface area contributed by atoms with Crippen LogP contribution in [0.15, 0.2) is 18.2 Å². The van der Waals surface area contributed by atoms with Crippen LogP contribution in [0, 0.1) is 17.0 Å². The third kappa shape index (κ3) is 3.02. The maximum atomic E-state index is 13.0. The highest BCUT2D eigenvalue weighted by atomic mass is 19.1. The molecule has 0 amide bonds. The van der Waals surface area contributed by atoms with E-state index in [9.17, 15) is 18.7 Å². The lowest BCUT2D eigenvalue weighted by molar-refractivity contribution is -0.149. The first-order valence-corrected chi connectivity index (χ1v) is 5.62. The van der Waals surface area contributed by atoms with Crippen LogP contribution >= 0.6 is 0 Å². The molecule has 0 saturated heterocycles. The van der Waals surface area contributed by atoms with Gasteiger partial charge in [0.2, 0.25) is 0 Å². The van der Waals surface area contributed by atoms with Gasteiger partial charge in [-0.1, -0.05) is 13.8 Å². The van der Waals surface area contributed by atoms with E-state index in [2.05, 4.69) is 0 Å². The van der Waals surface area contributed by atoms with E-state index < -0.39 is 23.0 Å². The molecule has 17 heavy (non-hydrogen) atoms. The summed E-state index contributed by atoms with van der Waals surface area (Å²) in [5.74, 6) is -2.27. The van der Waals surface area contributed by atoms with Gasteiger partial charge in [-0.3, -0.25) is 4.79 Å². The Hall–Kier alpha value is -1.45. The first-order chi connectivity index (χ1) is 7.93. The number of aliphatic carboxylic acids is 1. The van der Waals surface area contributed by atoms with Gasteiger partial charge in [-0.15, -0.1) is 0 Å². The molecule has 1 rings (SSSR count). The quantitative estimate of drug-likeness (QED) is 0.859. The number of carbonyl (C=O) groups is 1. The highest BCUT2D eigenvalue weighted by molar-refractivity contribution is 5.75. The van der Waals surface area contributed by atoms with Gasteiger partial charge < -0.3 is 5.11 Å². The monoisotopic (exact) mass is 242 g/mol. The number of benzene rings is 1. The minimum absolute atomic E-state index is 0.143. The van der Waals surface area contributed by atoms with E-state index in [0.29, 0.717) is 18.4 Å². The fraction of sp³-hybridized carbons (Fsp3) is 0.462. The maximum absolute atomic E-state index is 13.0. The SMILES string of the molecule is CCC(CC)(Cc1cc(F)cc(F)c1)C(=O)O. The number of hydrogen-bond donors (Lipinski definition) is 1. The number of carboxylic acid groups (broad SMARTS) is 1. The number of rotatable bonds is 5. The zero-order chi connectivity index (χ0) is 13.1. The fourth-order valence-electron chi connectivity index (χ4n) is 1.98. The standard InChI is InChI=1S/C13H16F2O2/c1-3-13(4-2,12(16)17)8-9-5-10(14)7-11(15)6-9/h5-7H,3-4,8H2,1-2H3,(H,16,17). The molecule has 0 fully saturated rings. The topological polar surface area (TPSA) is 37.3 Å². The second-order valence-corrected chi connectivity index (χ2v) is 4.25. The molecule has 0 heterocycles. The van der Waals surface area contributed by atoms with E-state index in [1.165, 1.54) is 12.1 Å². The first kappa shape index (κ1) is 13.6. The Kier molecular flexibility index (Phi) is 4.21. The van der Waals surface area contributed by atoms with Crippen molar-refractivity contribution in [2.45, 2.75) is 33.1 Å². The Balaban J connectivity index is 3.05. The van der Waals surface area contributed by atoms with E-state index in [0.717, 1.165) is 6.07 Å². The molecule has 1 N–H and O–H groups in total. The highest BCUT2D eigenvalue weighted by Crippen LogP contribution is 2.31. The van der Waals surface area contributed by atoms with Crippen molar-refractivity contribution in [1.82, 2.24) is 0 Å². The molecule has 1 aromatic rings. The molecule has 0 aliphatic heterocycles. The van der Waals surface area contributed by atoms with E-state index in [1.807, 2.05) is 0 Å². The molecule has 0 radical (unpaired) electrons. The zero-order valence-corrected chi connectivity index (χ0v) is 9.96. The Morgan fingerprint density at radius 3 is 2.00 bits per heavy atom. The largest absolute Gasteiger partial charge is 0.481 e. The lowest BCUT2D eigenvalue weighted by Gasteiger charge is -2.26. The van der Waals surface area contributed by atoms with Gasteiger partial charge in [0.1, 0.15) is 11.6 Å². The maximum Gasteiger partial charge on any atom is 0.309 e. The molecule has 0 aliphatic rings. The summed E-state index contributed by atoms with van der Waals surface area (Å²) in [7, 11) is 0. The van der Waals surface area contributed by atoms with Gasteiger partial charge in [-0.25, -0.2) is 8.78 Å². The van der Waals surface area contributed by atoms with E-state index in [-0.39, 0.29) is 6.42 Å². The molecule has 0 aromatic heterocycles. The van der Waals surface area contributed by atoms with Crippen LogP contribution in [0.25, 0.3) is 0 Å². The van der Waals surface area contributed by atoms with Crippen LogP contribution in [-0.4, -0.2) is 11.1 Å². The third-order valence-corrected chi connectivity index (χ3v) is 3.27. The van der Waals surface area contributed by atoms with E-state index >= 15 is 0 Å². The summed E-state index contributed by atoms with van der Waals surface area (Å²) in [6, 6.07) is 3.15. The van der Waals surface area contributed by atoms with Gasteiger partial charge in [0.15, 0.2) is 0 Å². The Morgan fingerprint density at radius 2 is 1.65 bits per heavy atom. The number of halogens is 2. The molecule has 0 atom stereocenters. The van der Waals surface area contributed by atoms with Crippen LogP contribution in [-0.2, 0) is 11.2 Å². The molecule has 0 bridgehead atoms. The van der Waals surface area contributed by atoms with Gasteiger partial charge in [0.05, 0.1) is 5.41 Å². The van der Waals surface area contributed by atoms with Crippen molar-refractivity contribution >= 4 is 5.97 Å². The molecule has 94 valence electrons. The molecular weight excluding hydrogens is 226 g/mol. The van der Waals surface area contributed by atoms with Crippen molar-refractivity contribution < 1.29 is 18.7 Å². The van der Waals surface area contributed by atoms with Crippen molar-refractivity contribution in [2.24, 2.45) is 5.41 Å². The predicted octanol–water partition coefficient (Wildman–Crippen LogP) is 3.40. The van der Waals surface area contributed by atoms with Crippen LogP contribution in [0.3, 0.4) is 0 Å². The van der Waals surface area contributed by atoms with Crippen LogP contribution < -0.4 is 0 Å². The smallest absolute Gasteiger partial charge is 0.309 e. The fourth-order valence-corrected chi connectivity index (χ4v) is 1.98. The van der Waals surface area contributed by atoms with Crippen LogP contribution in [0.2, 0.25) is 0 Å². The first-order valence-electron chi connectivity index (χ1n) is 5.62. The number of hydrogen-bond acceptors (Lipinski definition) is 1. The second-order valence-electron chi connectivity index (χ2n) is 4.25. The van der Waals surface area contributed by atoms with Gasteiger partial charge >= 0.3 is 5.97 Å². The zero-order valence-electron chi connectivity index (χ0n) is 9.96. The summed E-state index contributed by atoms with van der Waals surface area (Å²) in [6.07, 6.45) is 0.998. The summed E-state index contributed by atoms with van der Waals surface area (Å²) in [5, 5.41) is 9.24. The molecule has 1 aromatic carbocycles. The normalized spacial score (nSPS) is 11.5. The van der Waals surface area contributed by atoms with E-state index in [4.69, 9.17) is 0 Å². The summed E-state index contributed by atoms with van der Waals surface area (Å²) >= 11 is 0. The van der Waals surface area contributed by atoms with Crippen LogP contribution in [0.4, 0.5) is 8.78 Å². The van der Waals surface area contributed by atoms with Crippen molar-refractivity contribution in [2.75, 3.05) is 0 Å². The molecule has 0 unspecified atom stereocenters. The second kappa shape index (κ2) is 5.25. The number of carboxylic acids is 1. The predicted molar refractivity (Wildman–Crippen MR) is 60.7 cm³/mol. The molecular formula is C13H16F2O2. The summed E-state index contributed by atoms with van der Waals surface area (Å²) in [5.41, 5.74) is -0.561. The summed E-state index contributed by atoms with van der Waals surface area (Å²) in [6.45, 7) is 3.54. The van der Waals surface area contributed by atoms with Gasteiger partial charge in [-0.2, -0.15) is 0 Å². The molecule has 0 spiro atoms. The summed E-state index contributed by atoms with van der Waals surface area (Å²) in [4.78, 5) is 11.3. The molecule has 2 nitrogen and oxygen atoms in total. The van der Waals surface area contributed by atoms with Crippen molar-refractivity contribution in [3.63, 3.8) is 0 Å². The molecule has 0 aliphatic carbocycles. The van der Waals surface area contributed by atoms with Crippen molar-refractivity contribution in [1.29, 1.82) is 0 Å². The summed E-state index contributed by atoms with van der Waals surface area (Å²) < 4.78 is 26.0. The molecule has 0 saturated carbocycles. The van der Waals surface area contributed by atoms with Crippen molar-refractivity contribution in [3.8, 4) is 0 Å². The van der Waals surface area contributed by atoms with E-state index in [1.54, 1.807) is 13.8 Å². The van der Waals surface area contributed by atoms with Crippen LogP contribution in [0.5, 0.6) is 0 Å². The van der Waals surface area contributed by atoms with Gasteiger partial charge in [0.25, 0.3) is 0 Å². The highest BCUT2D eigenvalue weighted by Gasteiger charge is 2.35. The lowest BCUT2D eigenvalue weighted by Crippen LogP contribution is -2.32. The van der Waals surface area contributed by atoms with Gasteiger partial charge in [0, 0.05) is 6.07 Å². The van der Waals surface area contributed by atoms with Crippen molar-refractivity contribution in [3.05, 3.63) is 35.4 Å². The Bertz CT molecular complexity index is 392. The Labute approximate surface area is 99.3 Å². The average Bonchev–Trinajstić information content (AvgIpc) is 2.24. The lowest BCUT2D eigenvalue weighted by atomic mass is 9.77. The van der Waals surface area contributed by atoms with Crippen LogP contribution in [0.1, 0.15) is 32.3 Å². The minimum atomic E-state index is -0.944. The van der Waals surface area contributed by atoms with Gasteiger partial charge in [-0.05, 0) is 37.0 Å². The Morgan fingerprint density at radius 1 is 1.18 bits per heavy atom. The minimum Gasteiger partial charge on any atom is -0.481 e. The molecule has 4 heteroatoms. The third-order valence-electron chi connectivity index (χ3n) is 3.27.